The van der Waals surface area contributed by atoms with Crippen LogP contribution in [-0.2, 0) is 12.8 Å². The van der Waals surface area contributed by atoms with E-state index in [0.717, 1.165) is 12.8 Å². The first kappa shape index (κ1) is 24.2. The quantitative estimate of drug-likeness (QED) is 0.206. The van der Waals surface area contributed by atoms with Gasteiger partial charge in [0, 0.05) is 32.6 Å². The highest BCUT2D eigenvalue weighted by Crippen LogP contribution is 2.32. The van der Waals surface area contributed by atoms with Crippen LogP contribution in [0.5, 0.6) is 0 Å². The van der Waals surface area contributed by atoms with Crippen molar-refractivity contribution in [2.75, 3.05) is 0 Å². The average Bonchev–Trinajstić information content (AvgIpc) is 3.57. The summed E-state index contributed by atoms with van der Waals surface area (Å²) in [4.78, 5) is 7.28. The number of hydrogen-bond donors (Lipinski definition) is 2. The molecule has 0 bridgehead atoms. The predicted molar refractivity (Wildman–Crippen MR) is 175 cm³/mol. The molecule has 7 aromatic rings. The lowest BCUT2D eigenvalue weighted by Crippen LogP contribution is -1.85. The Balaban J connectivity index is 1.19. The second-order valence-corrected chi connectivity index (χ2v) is 10.6. The number of aryl methyl sites for hydroxylation is 2. The van der Waals surface area contributed by atoms with Crippen LogP contribution in [-0.4, -0.2) is 9.97 Å². The van der Waals surface area contributed by atoms with Gasteiger partial charge in [-0.15, -0.1) is 0 Å². The van der Waals surface area contributed by atoms with E-state index in [2.05, 4.69) is 145 Å². The van der Waals surface area contributed by atoms with Crippen molar-refractivity contribution in [1.82, 2.24) is 9.97 Å². The zero-order valence-electron chi connectivity index (χ0n) is 23.0. The first-order valence-electron chi connectivity index (χ1n) is 14.2. The summed E-state index contributed by atoms with van der Waals surface area (Å²) in [7, 11) is 0. The molecular weight excluding hydrogens is 484 g/mol. The number of para-hydroxylation sites is 2. The van der Waals surface area contributed by atoms with E-state index in [1.165, 1.54) is 77.0 Å². The smallest absolute Gasteiger partial charge is 0.0538 e. The maximum absolute atomic E-state index is 3.64. The van der Waals surface area contributed by atoms with Crippen molar-refractivity contribution in [3.05, 3.63) is 130 Å². The largest absolute Gasteiger partial charge is 0.354 e. The van der Waals surface area contributed by atoms with Crippen molar-refractivity contribution < 1.29 is 0 Å². The molecule has 194 valence electrons. The van der Waals surface area contributed by atoms with Gasteiger partial charge in [0.15, 0.2) is 0 Å². The number of fused-ring (bicyclic) bond motifs is 6. The Bertz CT molecular complexity index is 1910. The Morgan fingerprint density at radius 2 is 0.900 bits per heavy atom. The van der Waals surface area contributed by atoms with Gasteiger partial charge in [-0.05, 0) is 82.6 Å². The fraction of sp³-hybridized carbons (Fsp3) is 0.105. The van der Waals surface area contributed by atoms with E-state index in [1.54, 1.807) is 0 Å². The molecule has 0 saturated carbocycles. The van der Waals surface area contributed by atoms with E-state index in [0.29, 0.717) is 0 Å². The van der Waals surface area contributed by atoms with Crippen LogP contribution in [0, 0.1) is 0 Å². The molecule has 2 heteroatoms. The summed E-state index contributed by atoms with van der Waals surface area (Å²) in [6, 6.07) is 35.2. The zero-order chi connectivity index (χ0) is 27.1. The SMILES string of the molecule is CCc1cc(C=Cc2ccc(C=Cc3cc(CC)cc4c3[nH]c3ccccc34)cc2)c2[nH]c3ccccc3c2c1. The molecule has 0 unspecified atom stereocenters. The lowest BCUT2D eigenvalue weighted by Gasteiger charge is -2.04. The van der Waals surface area contributed by atoms with E-state index in [9.17, 15) is 0 Å². The summed E-state index contributed by atoms with van der Waals surface area (Å²) in [6.07, 6.45) is 10.9. The highest BCUT2D eigenvalue weighted by Gasteiger charge is 2.10. The third-order valence-corrected chi connectivity index (χ3v) is 8.07. The van der Waals surface area contributed by atoms with Crippen LogP contribution in [0.1, 0.15) is 47.2 Å². The average molecular weight is 517 g/mol. The monoisotopic (exact) mass is 516 g/mol. The van der Waals surface area contributed by atoms with Crippen molar-refractivity contribution in [3.8, 4) is 0 Å². The second-order valence-electron chi connectivity index (χ2n) is 10.6. The number of benzene rings is 5. The molecule has 0 spiro atoms. The minimum atomic E-state index is 1.02. The van der Waals surface area contributed by atoms with Gasteiger partial charge in [-0.25, -0.2) is 0 Å². The molecule has 0 atom stereocenters. The molecule has 0 aliphatic rings. The van der Waals surface area contributed by atoms with Gasteiger partial charge in [0.05, 0.1) is 11.0 Å². The van der Waals surface area contributed by atoms with Crippen molar-refractivity contribution in [2.24, 2.45) is 0 Å². The number of nitrogens with one attached hydrogen (secondary N) is 2. The minimum Gasteiger partial charge on any atom is -0.354 e. The minimum absolute atomic E-state index is 1.02. The highest BCUT2D eigenvalue weighted by molar-refractivity contribution is 6.11. The van der Waals surface area contributed by atoms with Crippen molar-refractivity contribution in [2.45, 2.75) is 26.7 Å². The Morgan fingerprint density at radius 1 is 0.475 bits per heavy atom. The molecule has 40 heavy (non-hydrogen) atoms. The van der Waals surface area contributed by atoms with Crippen LogP contribution in [0.4, 0.5) is 0 Å². The summed E-state index contributed by atoms with van der Waals surface area (Å²) in [6.45, 7) is 4.44. The molecule has 7 rings (SSSR count). The first-order valence-corrected chi connectivity index (χ1v) is 14.2. The van der Waals surface area contributed by atoms with Gasteiger partial charge in [-0.2, -0.15) is 0 Å². The molecule has 0 saturated heterocycles. The van der Waals surface area contributed by atoms with Gasteiger partial charge < -0.3 is 9.97 Å². The molecule has 0 aliphatic heterocycles. The molecule has 2 aromatic heterocycles. The number of rotatable bonds is 6. The van der Waals surface area contributed by atoms with Gasteiger partial charge in [-0.3, -0.25) is 0 Å². The fourth-order valence-electron chi connectivity index (χ4n) is 5.84. The normalized spacial score (nSPS) is 12.2. The summed E-state index contributed by atoms with van der Waals surface area (Å²) in [5, 5.41) is 5.16. The number of aromatic nitrogens is 2. The van der Waals surface area contributed by atoms with Crippen LogP contribution in [0.25, 0.3) is 67.9 Å². The van der Waals surface area contributed by atoms with Crippen LogP contribution in [0.2, 0.25) is 0 Å². The maximum atomic E-state index is 3.64. The Hall–Kier alpha value is -4.82. The maximum Gasteiger partial charge on any atom is 0.0538 e. The van der Waals surface area contributed by atoms with Gasteiger partial charge in [0.1, 0.15) is 0 Å². The molecule has 0 radical (unpaired) electrons. The molecule has 2 N–H and O–H groups in total. The van der Waals surface area contributed by atoms with Gasteiger partial charge in [0.25, 0.3) is 0 Å². The summed E-state index contributed by atoms with van der Waals surface area (Å²) in [5.74, 6) is 0. The first-order chi connectivity index (χ1) is 19.7. The number of H-pyrrole nitrogens is 2. The van der Waals surface area contributed by atoms with E-state index >= 15 is 0 Å². The Kier molecular flexibility index (Phi) is 6.09. The molecule has 0 aliphatic carbocycles. The highest BCUT2D eigenvalue weighted by atomic mass is 14.7. The van der Waals surface area contributed by atoms with Gasteiger partial charge in [0.2, 0.25) is 0 Å². The van der Waals surface area contributed by atoms with Gasteiger partial charge >= 0.3 is 0 Å². The molecule has 0 amide bonds. The van der Waals surface area contributed by atoms with E-state index in [4.69, 9.17) is 0 Å². The lowest BCUT2D eigenvalue weighted by atomic mass is 10.0. The lowest BCUT2D eigenvalue weighted by molar-refractivity contribution is 1.14. The Labute approximate surface area is 234 Å². The van der Waals surface area contributed by atoms with Crippen molar-refractivity contribution in [1.29, 1.82) is 0 Å². The van der Waals surface area contributed by atoms with Crippen molar-refractivity contribution in [3.63, 3.8) is 0 Å². The predicted octanol–water partition coefficient (Wildman–Crippen LogP) is 10.4. The zero-order valence-corrected chi connectivity index (χ0v) is 23.0. The van der Waals surface area contributed by atoms with Crippen LogP contribution in [0.15, 0.2) is 97.1 Å². The van der Waals surface area contributed by atoms with Crippen LogP contribution in [0.3, 0.4) is 0 Å². The third-order valence-electron chi connectivity index (χ3n) is 8.07. The number of hydrogen-bond acceptors (Lipinski definition) is 0. The summed E-state index contributed by atoms with van der Waals surface area (Å²) in [5.41, 5.74) is 12.3. The number of aromatic amines is 2. The molecule has 5 aromatic carbocycles. The van der Waals surface area contributed by atoms with E-state index in [-0.39, 0.29) is 0 Å². The van der Waals surface area contributed by atoms with Crippen molar-refractivity contribution >= 4 is 67.9 Å². The topological polar surface area (TPSA) is 31.6 Å². The third kappa shape index (κ3) is 4.32. The molecule has 2 heterocycles. The van der Waals surface area contributed by atoms with E-state index in [1.807, 2.05) is 0 Å². The standard InChI is InChI=1S/C38H32N2/c1-3-25-21-29(37-33(23-25)31-9-5-7-11-35(31)39-37)19-17-27-13-15-28(16-14-27)18-20-30-22-26(4-2)24-34-32-10-6-8-12-36(32)40-38(30)34/h5-24,39-40H,3-4H2,1-2H3. The van der Waals surface area contributed by atoms with Crippen LogP contribution >= 0.6 is 0 Å². The molecule has 2 nitrogen and oxygen atoms in total. The van der Waals surface area contributed by atoms with E-state index < -0.39 is 0 Å². The molecular formula is C38H32N2. The Morgan fingerprint density at radius 3 is 1.32 bits per heavy atom. The van der Waals surface area contributed by atoms with Gasteiger partial charge in [-0.1, -0.05) is 98.8 Å². The van der Waals surface area contributed by atoms with Crippen LogP contribution < -0.4 is 0 Å². The summed E-state index contributed by atoms with van der Waals surface area (Å²) < 4.78 is 0. The molecule has 0 fully saturated rings. The fourth-order valence-corrected chi connectivity index (χ4v) is 5.84. The summed E-state index contributed by atoms with van der Waals surface area (Å²) >= 11 is 0. The second kappa shape index (κ2) is 10.1.